The summed E-state index contributed by atoms with van der Waals surface area (Å²) in [5, 5.41) is 7.09. The first-order valence-electron chi connectivity index (χ1n) is 14.4. The molecule has 3 aliphatic heterocycles. The van der Waals surface area contributed by atoms with Gasteiger partial charge in [-0.15, -0.1) is 11.6 Å². The summed E-state index contributed by atoms with van der Waals surface area (Å²) < 4.78 is 0. The van der Waals surface area contributed by atoms with Gasteiger partial charge in [0.1, 0.15) is 0 Å². The number of hydrogen-bond donors (Lipinski definition) is 4. The van der Waals surface area contributed by atoms with E-state index in [9.17, 15) is 4.79 Å². The Bertz CT molecular complexity index is 689. The molecule has 0 radical (unpaired) electrons. The smallest absolute Gasteiger partial charge is 0.227 e. The minimum Gasteiger partial charge on any atom is -0.350 e. The summed E-state index contributed by atoms with van der Waals surface area (Å²) in [5.41, 5.74) is 13.0. The molecule has 3 aliphatic rings. The van der Waals surface area contributed by atoms with Gasteiger partial charge >= 0.3 is 0 Å². The van der Waals surface area contributed by atoms with Gasteiger partial charge in [0, 0.05) is 56.7 Å². The Balaban J connectivity index is 1.84. The highest BCUT2D eigenvalue weighted by molar-refractivity contribution is 6.20. The lowest BCUT2D eigenvalue weighted by molar-refractivity contribution is -0.130. The lowest BCUT2D eigenvalue weighted by Crippen LogP contribution is -2.67. The van der Waals surface area contributed by atoms with Gasteiger partial charge in [-0.1, -0.05) is 40.5 Å². The van der Waals surface area contributed by atoms with Crippen LogP contribution in [0, 0.1) is 17.3 Å². The Morgan fingerprint density at radius 2 is 1.89 bits per heavy atom. The van der Waals surface area contributed by atoms with Crippen LogP contribution in [-0.4, -0.2) is 110 Å². The van der Waals surface area contributed by atoms with Crippen LogP contribution in [0.3, 0.4) is 0 Å². The molecule has 0 aromatic carbocycles. The van der Waals surface area contributed by atoms with Crippen molar-refractivity contribution in [3.63, 3.8) is 0 Å². The number of amides is 1. The van der Waals surface area contributed by atoms with E-state index in [1.54, 1.807) is 0 Å². The Hall–Kier alpha value is -0.480. The van der Waals surface area contributed by atoms with Gasteiger partial charge in [-0.25, -0.2) is 0 Å². The van der Waals surface area contributed by atoms with E-state index in [2.05, 4.69) is 60.1 Å². The van der Waals surface area contributed by atoms with E-state index in [-0.39, 0.29) is 28.8 Å². The lowest BCUT2D eigenvalue weighted by atomic mass is 9.73. The van der Waals surface area contributed by atoms with Crippen LogP contribution in [0.5, 0.6) is 0 Å². The van der Waals surface area contributed by atoms with Crippen LogP contribution in [0.15, 0.2) is 0 Å². The van der Waals surface area contributed by atoms with Crippen molar-refractivity contribution in [2.45, 2.75) is 89.5 Å². The number of carbonyl (C=O) groups is 1. The van der Waals surface area contributed by atoms with Gasteiger partial charge < -0.3 is 27.0 Å². The molecular weight excluding hydrogens is 474 g/mol. The number of halogens is 1. The lowest BCUT2D eigenvalue weighted by Gasteiger charge is -2.48. The number of nitrogens with zero attached hydrogens (tertiary/aromatic N) is 3. The van der Waals surface area contributed by atoms with Crippen molar-refractivity contribution in [2.24, 2.45) is 28.7 Å². The number of nitrogens with two attached hydrogens (primary N) is 2. The van der Waals surface area contributed by atoms with Gasteiger partial charge in [0.15, 0.2) is 0 Å². The van der Waals surface area contributed by atoms with Crippen LogP contribution < -0.4 is 22.1 Å². The molecule has 8 nitrogen and oxygen atoms in total. The summed E-state index contributed by atoms with van der Waals surface area (Å²) in [5.74, 6) is -0.0321. The van der Waals surface area contributed by atoms with E-state index in [0.717, 1.165) is 84.5 Å². The number of likely N-dealkylation sites (N-methyl/N-ethyl adjacent to an activating group) is 1. The summed E-state index contributed by atoms with van der Waals surface area (Å²) in [7, 11) is 2.18. The van der Waals surface area contributed by atoms with Crippen molar-refractivity contribution in [1.29, 1.82) is 0 Å². The molecule has 7 unspecified atom stereocenters. The molecule has 6 N–H and O–H groups in total. The third kappa shape index (κ3) is 7.55. The fraction of sp³-hybridized carbons (Fsp3) is 0.963. The zero-order chi connectivity index (χ0) is 26.5. The molecule has 210 valence electrons. The summed E-state index contributed by atoms with van der Waals surface area (Å²) in [6.07, 6.45) is 4.49. The molecule has 0 aromatic rings. The molecule has 0 aromatic heterocycles. The molecule has 3 heterocycles. The SMILES string of the molecule is CCN1CC(Cl)CCCC(C)(CC)CC1C(C(=O)NC1CNCC(C)C1N1CCN(C)CC1)C(N)N. The van der Waals surface area contributed by atoms with Crippen molar-refractivity contribution in [1.82, 2.24) is 25.3 Å². The van der Waals surface area contributed by atoms with Crippen molar-refractivity contribution in [2.75, 3.05) is 59.4 Å². The summed E-state index contributed by atoms with van der Waals surface area (Å²) in [6, 6.07) is 0.320. The van der Waals surface area contributed by atoms with Crippen LogP contribution in [0.2, 0.25) is 0 Å². The van der Waals surface area contributed by atoms with Crippen LogP contribution in [0.4, 0.5) is 0 Å². The predicted octanol–water partition coefficient (Wildman–Crippen LogP) is 1.47. The zero-order valence-corrected chi connectivity index (χ0v) is 24.3. The second kappa shape index (κ2) is 13.5. The third-order valence-electron chi connectivity index (χ3n) is 9.41. The van der Waals surface area contributed by atoms with Crippen molar-refractivity contribution >= 4 is 17.5 Å². The highest BCUT2D eigenvalue weighted by Gasteiger charge is 2.43. The maximum atomic E-state index is 14.1. The van der Waals surface area contributed by atoms with E-state index in [1.165, 1.54) is 0 Å². The topological polar surface area (TPSA) is 103 Å². The molecule has 3 rings (SSSR count). The molecular formula is C27H54ClN7O. The van der Waals surface area contributed by atoms with Crippen molar-refractivity contribution < 1.29 is 4.79 Å². The number of piperidine rings is 1. The Kier molecular flexibility index (Phi) is 11.3. The molecule has 1 amide bonds. The second-order valence-corrected chi connectivity index (χ2v) is 12.8. The van der Waals surface area contributed by atoms with E-state index in [0.29, 0.717) is 12.0 Å². The van der Waals surface area contributed by atoms with Gasteiger partial charge in [-0.2, -0.15) is 0 Å². The maximum absolute atomic E-state index is 14.1. The number of nitrogens with one attached hydrogen (secondary N) is 2. The zero-order valence-electron chi connectivity index (χ0n) is 23.5. The average molecular weight is 528 g/mol. The standard InChI is InChI=1S/C27H54ClN7O/c1-6-27(4)10-8-9-20(28)18-34(7-2)22(15-27)23(25(29)30)26(36)32-21-17-31-16-19(3)24(21)35-13-11-33(5)12-14-35/h19-25,31H,6-18,29-30H2,1-5H3,(H,32,36). The number of alkyl halides is 1. The molecule has 36 heavy (non-hydrogen) atoms. The van der Waals surface area contributed by atoms with Gasteiger partial charge in [-0.05, 0) is 50.7 Å². The maximum Gasteiger partial charge on any atom is 0.227 e. The van der Waals surface area contributed by atoms with E-state index < -0.39 is 12.1 Å². The largest absolute Gasteiger partial charge is 0.350 e. The normalized spacial score (nSPS) is 37.2. The molecule has 3 saturated heterocycles. The van der Waals surface area contributed by atoms with Crippen molar-refractivity contribution in [3.8, 4) is 0 Å². The Morgan fingerprint density at radius 3 is 2.50 bits per heavy atom. The van der Waals surface area contributed by atoms with E-state index in [4.69, 9.17) is 23.1 Å². The molecule has 0 aliphatic carbocycles. The van der Waals surface area contributed by atoms with Gasteiger partial charge in [0.2, 0.25) is 5.91 Å². The highest BCUT2D eigenvalue weighted by atomic mass is 35.5. The first-order valence-corrected chi connectivity index (χ1v) is 14.8. The number of hydrogen-bond acceptors (Lipinski definition) is 7. The van der Waals surface area contributed by atoms with Gasteiger partial charge in [-0.3, -0.25) is 14.6 Å². The average Bonchev–Trinajstić information content (AvgIpc) is 2.88. The Labute approximate surface area is 225 Å². The molecule has 7 atom stereocenters. The minimum atomic E-state index is -0.726. The van der Waals surface area contributed by atoms with E-state index >= 15 is 0 Å². The monoisotopic (exact) mass is 527 g/mol. The van der Waals surface area contributed by atoms with Crippen LogP contribution >= 0.6 is 11.6 Å². The predicted molar refractivity (Wildman–Crippen MR) is 150 cm³/mol. The van der Waals surface area contributed by atoms with Gasteiger partial charge in [0.25, 0.3) is 0 Å². The van der Waals surface area contributed by atoms with Crippen LogP contribution in [0.25, 0.3) is 0 Å². The van der Waals surface area contributed by atoms with Crippen LogP contribution in [-0.2, 0) is 4.79 Å². The van der Waals surface area contributed by atoms with Gasteiger partial charge in [0.05, 0.1) is 18.1 Å². The Morgan fingerprint density at radius 1 is 1.19 bits per heavy atom. The number of carbonyl (C=O) groups excluding carboxylic acids is 1. The first kappa shape index (κ1) is 30.1. The molecule has 0 bridgehead atoms. The molecule has 9 heteroatoms. The fourth-order valence-electron chi connectivity index (χ4n) is 6.87. The fourth-order valence-corrected chi connectivity index (χ4v) is 7.20. The highest BCUT2D eigenvalue weighted by Crippen LogP contribution is 2.39. The minimum absolute atomic E-state index is 0.00250. The van der Waals surface area contributed by atoms with Crippen molar-refractivity contribution in [3.05, 3.63) is 0 Å². The summed E-state index contributed by atoms with van der Waals surface area (Å²) >= 11 is 6.77. The van der Waals surface area contributed by atoms with Crippen LogP contribution in [0.1, 0.15) is 59.8 Å². The number of piperazine rings is 1. The molecule has 0 spiro atoms. The third-order valence-corrected chi connectivity index (χ3v) is 9.76. The summed E-state index contributed by atoms with van der Waals surface area (Å²) in [6.45, 7) is 16.6. The molecule has 0 saturated carbocycles. The van der Waals surface area contributed by atoms with E-state index in [1.807, 2.05) is 0 Å². The second-order valence-electron chi connectivity index (χ2n) is 12.2. The molecule has 3 fully saturated rings. The first-order chi connectivity index (χ1) is 17.1. The summed E-state index contributed by atoms with van der Waals surface area (Å²) in [4.78, 5) is 21.4. The number of rotatable bonds is 7. The quantitative estimate of drug-likeness (QED) is 0.294.